The Bertz CT molecular complexity index is 346. The van der Waals surface area contributed by atoms with Crippen molar-refractivity contribution in [2.75, 3.05) is 6.54 Å². The molecule has 1 aromatic carbocycles. The molecule has 0 aromatic heterocycles. The molecule has 1 aromatic rings. The molecule has 0 heterocycles. The molecule has 0 amide bonds. The average Bonchev–Trinajstić information content (AvgIpc) is 2.35. The second-order valence-corrected chi connectivity index (χ2v) is 5.14. The van der Waals surface area contributed by atoms with Gasteiger partial charge in [-0.05, 0) is 43.5 Å². The Morgan fingerprint density at radius 2 is 2.06 bits per heavy atom. The van der Waals surface area contributed by atoms with Gasteiger partial charge in [-0.25, -0.2) is 4.39 Å². The molecular formula is C15H23ClFN. The maximum atomic E-state index is 13.0. The normalized spacial score (nSPS) is 12.7. The van der Waals surface area contributed by atoms with Crippen LogP contribution in [0, 0.1) is 5.82 Å². The fourth-order valence-corrected chi connectivity index (χ4v) is 2.27. The molecule has 0 radical (unpaired) electrons. The van der Waals surface area contributed by atoms with E-state index in [0.29, 0.717) is 11.1 Å². The predicted octanol–water partition coefficient (Wildman–Crippen LogP) is 4.58. The minimum absolute atomic E-state index is 0.268. The predicted molar refractivity (Wildman–Crippen MR) is 76.7 cm³/mol. The van der Waals surface area contributed by atoms with Crippen LogP contribution < -0.4 is 5.32 Å². The number of rotatable bonds is 8. The Morgan fingerprint density at radius 3 is 2.67 bits per heavy atom. The van der Waals surface area contributed by atoms with Crippen molar-refractivity contribution in [1.82, 2.24) is 5.32 Å². The molecule has 0 bridgehead atoms. The average molecular weight is 272 g/mol. The fraction of sp³-hybridized carbons (Fsp3) is 0.600. The summed E-state index contributed by atoms with van der Waals surface area (Å²) in [6.45, 7) is 5.38. The second kappa shape index (κ2) is 8.49. The van der Waals surface area contributed by atoms with Crippen LogP contribution >= 0.6 is 11.6 Å². The van der Waals surface area contributed by atoms with Gasteiger partial charge in [0.25, 0.3) is 0 Å². The molecule has 0 fully saturated rings. The Balaban J connectivity index is 2.62. The number of halogens is 2. The summed E-state index contributed by atoms with van der Waals surface area (Å²) in [4.78, 5) is 0. The lowest BCUT2D eigenvalue weighted by atomic mass is 10.0. The first-order chi connectivity index (χ1) is 8.67. The van der Waals surface area contributed by atoms with Crippen LogP contribution in [0.5, 0.6) is 0 Å². The molecule has 0 spiro atoms. The maximum absolute atomic E-state index is 13.0. The third kappa shape index (κ3) is 5.36. The zero-order valence-electron chi connectivity index (χ0n) is 11.3. The van der Waals surface area contributed by atoms with E-state index in [-0.39, 0.29) is 5.82 Å². The van der Waals surface area contributed by atoms with Crippen LogP contribution in [0.15, 0.2) is 18.2 Å². The largest absolute Gasteiger partial charge is 0.314 e. The summed E-state index contributed by atoms with van der Waals surface area (Å²) in [6, 6.07) is 5.11. The maximum Gasteiger partial charge on any atom is 0.124 e. The fourth-order valence-electron chi connectivity index (χ4n) is 2.03. The molecule has 0 saturated carbocycles. The van der Waals surface area contributed by atoms with Crippen molar-refractivity contribution in [3.63, 3.8) is 0 Å². The monoisotopic (exact) mass is 271 g/mol. The first-order valence-corrected chi connectivity index (χ1v) is 7.22. The number of hydrogen-bond acceptors (Lipinski definition) is 1. The topological polar surface area (TPSA) is 12.0 Å². The van der Waals surface area contributed by atoms with Gasteiger partial charge in [0.2, 0.25) is 0 Å². The van der Waals surface area contributed by atoms with E-state index in [1.807, 2.05) is 0 Å². The van der Waals surface area contributed by atoms with Gasteiger partial charge in [-0.2, -0.15) is 0 Å². The summed E-state index contributed by atoms with van der Waals surface area (Å²) < 4.78 is 13.0. The molecule has 1 nitrogen and oxygen atoms in total. The molecule has 1 rings (SSSR count). The van der Waals surface area contributed by atoms with Gasteiger partial charge >= 0.3 is 0 Å². The summed E-state index contributed by atoms with van der Waals surface area (Å²) in [7, 11) is 0. The van der Waals surface area contributed by atoms with Crippen LogP contribution in [0.25, 0.3) is 0 Å². The van der Waals surface area contributed by atoms with E-state index in [1.54, 1.807) is 6.07 Å². The van der Waals surface area contributed by atoms with Crippen LogP contribution in [0.3, 0.4) is 0 Å². The molecule has 1 N–H and O–H groups in total. The number of hydrogen-bond donors (Lipinski definition) is 1. The highest BCUT2D eigenvalue weighted by Gasteiger charge is 2.11. The van der Waals surface area contributed by atoms with E-state index in [2.05, 4.69) is 19.2 Å². The van der Waals surface area contributed by atoms with Crippen molar-refractivity contribution in [2.24, 2.45) is 0 Å². The molecule has 0 aliphatic rings. The zero-order valence-corrected chi connectivity index (χ0v) is 12.1. The van der Waals surface area contributed by atoms with E-state index in [1.165, 1.54) is 25.0 Å². The molecule has 102 valence electrons. The minimum Gasteiger partial charge on any atom is -0.314 e. The van der Waals surface area contributed by atoms with Crippen LogP contribution in [-0.2, 0) is 6.42 Å². The minimum atomic E-state index is -0.268. The van der Waals surface area contributed by atoms with Gasteiger partial charge in [-0.3, -0.25) is 0 Å². The van der Waals surface area contributed by atoms with Crippen molar-refractivity contribution in [1.29, 1.82) is 0 Å². The summed E-state index contributed by atoms with van der Waals surface area (Å²) in [5.74, 6) is -0.268. The summed E-state index contributed by atoms with van der Waals surface area (Å²) in [5.41, 5.74) is 1.03. The molecule has 3 heteroatoms. The van der Waals surface area contributed by atoms with Crippen molar-refractivity contribution < 1.29 is 4.39 Å². The van der Waals surface area contributed by atoms with Crippen molar-refractivity contribution in [3.05, 3.63) is 34.6 Å². The lowest BCUT2D eigenvalue weighted by Gasteiger charge is -2.19. The number of unbranched alkanes of at least 4 members (excludes halogenated alkanes) is 1. The van der Waals surface area contributed by atoms with E-state index in [0.717, 1.165) is 31.4 Å². The molecule has 18 heavy (non-hydrogen) atoms. The first-order valence-electron chi connectivity index (χ1n) is 6.84. The molecule has 0 aliphatic carbocycles. The van der Waals surface area contributed by atoms with Gasteiger partial charge in [-0.15, -0.1) is 0 Å². The summed E-state index contributed by atoms with van der Waals surface area (Å²) in [6.07, 6.45) is 5.55. The van der Waals surface area contributed by atoms with Gasteiger partial charge in [0.05, 0.1) is 0 Å². The van der Waals surface area contributed by atoms with Gasteiger partial charge in [0.15, 0.2) is 0 Å². The van der Waals surface area contributed by atoms with Crippen molar-refractivity contribution >= 4 is 11.6 Å². The second-order valence-electron chi connectivity index (χ2n) is 4.73. The Kier molecular flexibility index (Phi) is 7.29. The van der Waals surface area contributed by atoms with Crippen LogP contribution in [0.4, 0.5) is 4.39 Å². The van der Waals surface area contributed by atoms with Crippen molar-refractivity contribution in [3.8, 4) is 0 Å². The van der Waals surface area contributed by atoms with E-state index in [9.17, 15) is 4.39 Å². The number of nitrogens with one attached hydrogen (secondary N) is 1. The van der Waals surface area contributed by atoms with Crippen LogP contribution in [-0.4, -0.2) is 12.6 Å². The van der Waals surface area contributed by atoms with Crippen LogP contribution in [0.1, 0.15) is 45.1 Å². The molecule has 0 aliphatic heterocycles. The molecule has 1 atom stereocenters. The highest BCUT2D eigenvalue weighted by atomic mass is 35.5. The van der Waals surface area contributed by atoms with Gasteiger partial charge in [-0.1, -0.05) is 44.4 Å². The third-order valence-corrected chi connectivity index (χ3v) is 3.42. The molecule has 1 unspecified atom stereocenters. The lowest BCUT2D eigenvalue weighted by molar-refractivity contribution is 0.462. The smallest absolute Gasteiger partial charge is 0.124 e. The van der Waals surface area contributed by atoms with Gasteiger partial charge in [0.1, 0.15) is 5.82 Å². The van der Waals surface area contributed by atoms with Crippen LogP contribution in [0.2, 0.25) is 5.02 Å². The highest BCUT2D eigenvalue weighted by Crippen LogP contribution is 2.20. The van der Waals surface area contributed by atoms with Gasteiger partial charge < -0.3 is 5.32 Å². The number of benzene rings is 1. The Labute approximate surface area is 115 Å². The Hall–Kier alpha value is -0.600. The van der Waals surface area contributed by atoms with E-state index < -0.39 is 0 Å². The third-order valence-electron chi connectivity index (χ3n) is 3.07. The standard InChI is InChI=1S/C15H23ClFN/c1-3-5-6-14(18-9-4-2)10-12-7-8-13(17)11-15(12)16/h7-8,11,14,18H,3-6,9-10H2,1-2H3. The quantitative estimate of drug-likeness (QED) is 0.730. The van der Waals surface area contributed by atoms with Crippen molar-refractivity contribution in [2.45, 2.75) is 52.0 Å². The van der Waals surface area contributed by atoms with E-state index in [4.69, 9.17) is 11.6 Å². The highest BCUT2D eigenvalue weighted by molar-refractivity contribution is 6.31. The zero-order chi connectivity index (χ0) is 13.4. The van der Waals surface area contributed by atoms with Gasteiger partial charge in [0, 0.05) is 11.1 Å². The Morgan fingerprint density at radius 1 is 1.28 bits per heavy atom. The SMILES string of the molecule is CCCCC(Cc1ccc(F)cc1Cl)NCCC. The summed E-state index contributed by atoms with van der Waals surface area (Å²) >= 11 is 6.07. The molecular weight excluding hydrogens is 249 g/mol. The first kappa shape index (κ1) is 15.5. The summed E-state index contributed by atoms with van der Waals surface area (Å²) in [5, 5.41) is 4.08. The van der Waals surface area contributed by atoms with E-state index >= 15 is 0 Å². The molecule has 0 saturated heterocycles. The lowest BCUT2D eigenvalue weighted by Crippen LogP contribution is -2.31.